The van der Waals surface area contributed by atoms with Crippen LogP contribution in [0.1, 0.15) is 72.1 Å². The van der Waals surface area contributed by atoms with E-state index in [0.717, 1.165) is 12.8 Å². The molecule has 1 aliphatic heterocycles. The molecule has 0 spiro atoms. The number of nitrogens with zero attached hydrogens (tertiary/aromatic N) is 4. The van der Waals surface area contributed by atoms with Crippen LogP contribution in [0.5, 0.6) is 5.75 Å². The van der Waals surface area contributed by atoms with Crippen molar-refractivity contribution in [2.45, 2.75) is 90.3 Å². The van der Waals surface area contributed by atoms with Crippen LogP contribution < -0.4 is 15.3 Å². The molecule has 17 heteroatoms. The van der Waals surface area contributed by atoms with Crippen LogP contribution in [0.3, 0.4) is 0 Å². The summed E-state index contributed by atoms with van der Waals surface area (Å²) in [6.07, 6.45) is -1.56. The van der Waals surface area contributed by atoms with E-state index >= 15 is 0 Å². The maximum Gasteiger partial charge on any atom is 0.459 e. The Labute approximate surface area is 290 Å². The molecule has 1 aliphatic rings. The lowest BCUT2D eigenvalue weighted by Gasteiger charge is -2.30. The first-order valence-electron chi connectivity index (χ1n) is 16.4. The van der Waals surface area contributed by atoms with Gasteiger partial charge in [0.25, 0.3) is 0 Å². The predicted molar refractivity (Wildman–Crippen MR) is 178 cm³/mol. The van der Waals surface area contributed by atoms with Crippen LogP contribution in [0.15, 0.2) is 48.8 Å². The van der Waals surface area contributed by atoms with Crippen LogP contribution in [0.25, 0.3) is 5.52 Å². The molecular formula is C33H43N6O10P. The third-order valence-electron chi connectivity index (χ3n) is 8.23. The Bertz CT molecular complexity index is 1730. The summed E-state index contributed by atoms with van der Waals surface area (Å²) >= 11 is 0. The molecule has 3 heterocycles. The number of hydrogen-bond acceptors (Lipinski definition) is 14. The van der Waals surface area contributed by atoms with E-state index in [2.05, 4.69) is 15.2 Å². The standard InChI is InChI=1S/C33H43N6O10P/c1-6-22(7-2)17-44-32(42)21(5)38-50(43,49-23-13-11-10-12-14-23)45-19-33(18-34)30(47-27(41)9-4)29(46-26(40)8-3)28(48-33)24-15-16-25-31(35)36-20-37-39(24)25/h10-16,20-22,28-30H,6-9,17,19H2,1-5H3,(H,38,43)(H2,35,36,37)/t21?,28-,29-,30-,33+,50-/m0/s1. The average Bonchev–Trinajstić information content (AvgIpc) is 3.68. The summed E-state index contributed by atoms with van der Waals surface area (Å²) in [5.41, 5.74) is 4.49. The van der Waals surface area contributed by atoms with Crippen molar-refractivity contribution in [1.82, 2.24) is 19.7 Å². The first kappa shape index (κ1) is 38.3. The normalized spacial score (nSPS) is 22.0. The molecule has 2 aromatic heterocycles. The van der Waals surface area contributed by atoms with Crippen molar-refractivity contribution in [2.75, 3.05) is 18.9 Å². The highest BCUT2D eigenvalue weighted by Crippen LogP contribution is 2.50. The van der Waals surface area contributed by atoms with Crippen molar-refractivity contribution in [3.8, 4) is 11.8 Å². The molecular weight excluding hydrogens is 671 g/mol. The molecule has 0 saturated carbocycles. The Balaban J connectivity index is 1.72. The lowest BCUT2D eigenvalue weighted by Crippen LogP contribution is -2.49. The highest BCUT2D eigenvalue weighted by molar-refractivity contribution is 7.52. The van der Waals surface area contributed by atoms with Crippen molar-refractivity contribution < 1.29 is 46.9 Å². The highest BCUT2D eigenvalue weighted by Gasteiger charge is 2.62. The van der Waals surface area contributed by atoms with Gasteiger partial charge in [-0.3, -0.25) is 18.9 Å². The third-order valence-corrected chi connectivity index (χ3v) is 9.85. The Morgan fingerprint density at radius 2 is 1.76 bits per heavy atom. The van der Waals surface area contributed by atoms with Crippen molar-refractivity contribution >= 4 is 37.0 Å². The summed E-state index contributed by atoms with van der Waals surface area (Å²) in [5, 5.41) is 17.6. The van der Waals surface area contributed by atoms with Crippen LogP contribution in [0.2, 0.25) is 0 Å². The zero-order chi connectivity index (χ0) is 36.5. The van der Waals surface area contributed by atoms with Gasteiger partial charge in [-0.1, -0.05) is 58.7 Å². The largest absolute Gasteiger partial charge is 0.464 e. The lowest BCUT2D eigenvalue weighted by molar-refractivity contribution is -0.169. The van der Waals surface area contributed by atoms with E-state index < -0.39 is 62.2 Å². The van der Waals surface area contributed by atoms with E-state index in [0.29, 0.717) is 5.52 Å². The number of hydrogen-bond donors (Lipinski definition) is 2. The number of esters is 3. The molecule has 50 heavy (non-hydrogen) atoms. The third kappa shape index (κ3) is 8.78. The number of para-hydroxylation sites is 1. The van der Waals surface area contributed by atoms with Crippen LogP contribution >= 0.6 is 7.75 Å². The van der Waals surface area contributed by atoms with Gasteiger partial charge in [-0.25, -0.2) is 14.1 Å². The average molecular weight is 715 g/mol. The summed E-state index contributed by atoms with van der Waals surface area (Å²) in [4.78, 5) is 42.5. The molecule has 6 atom stereocenters. The van der Waals surface area contributed by atoms with E-state index in [9.17, 15) is 24.2 Å². The molecule has 1 aromatic carbocycles. The van der Waals surface area contributed by atoms with Gasteiger partial charge in [-0.15, -0.1) is 0 Å². The number of carbonyl (C=O) groups is 3. The lowest BCUT2D eigenvalue weighted by atomic mass is 9.95. The molecule has 16 nitrogen and oxygen atoms in total. The number of benzene rings is 1. The SMILES string of the molecule is CCC(=O)O[C@H]1[C@H](c2ccc3c(N)ncnn23)O[C@](C#N)(CO[P@@](=O)(NC(C)C(=O)OCC(CC)CC)Oc2ccccc2)[C@H]1OC(=O)CC. The van der Waals surface area contributed by atoms with Crippen LogP contribution in [-0.2, 0) is 42.4 Å². The Morgan fingerprint density at radius 1 is 1.08 bits per heavy atom. The van der Waals surface area contributed by atoms with Crippen molar-refractivity contribution in [1.29, 1.82) is 5.26 Å². The van der Waals surface area contributed by atoms with Gasteiger partial charge in [0, 0.05) is 12.8 Å². The second-order valence-corrected chi connectivity index (χ2v) is 13.3. The number of nitrogens with one attached hydrogen (secondary N) is 1. The molecule has 1 unspecified atom stereocenters. The van der Waals surface area contributed by atoms with Crippen LogP contribution in [0, 0.1) is 17.2 Å². The highest BCUT2D eigenvalue weighted by atomic mass is 31.2. The fourth-order valence-corrected chi connectivity index (χ4v) is 6.74. The van der Waals surface area contributed by atoms with E-state index in [1.54, 1.807) is 44.2 Å². The van der Waals surface area contributed by atoms with Crippen molar-refractivity contribution in [3.05, 3.63) is 54.5 Å². The molecule has 0 bridgehead atoms. The number of nitrogens with two attached hydrogens (primary N) is 1. The molecule has 1 saturated heterocycles. The number of aromatic nitrogens is 3. The fourth-order valence-electron chi connectivity index (χ4n) is 5.22. The molecule has 3 aromatic rings. The van der Waals surface area contributed by atoms with Gasteiger partial charge in [0.2, 0.25) is 5.60 Å². The van der Waals surface area contributed by atoms with Gasteiger partial charge >= 0.3 is 25.7 Å². The summed E-state index contributed by atoms with van der Waals surface area (Å²) in [5.74, 6) is -1.70. The second-order valence-electron chi connectivity index (χ2n) is 11.7. The Hall–Kier alpha value is -4.55. The Morgan fingerprint density at radius 3 is 2.40 bits per heavy atom. The molecule has 3 N–H and O–H groups in total. The zero-order valence-corrected chi connectivity index (χ0v) is 29.5. The molecule has 4 rings (SSSR count). The summed E-state index contributed by atoms with van der Waals surface area (Å²) in [6, 6.07) is 12.1. The minimum absolute atomic E-state index is 0.0486. The van der Waals surface area contributed by atoms with Gasteiger partial charge in [-0.05, 0) is 37.1 Å². The zero-order valence-electron chi connectivity index (χ0n) is 28.6. The maximum absolute atomic E-state index is 14.4. The number of nitrogen functional groups attached to an aromatic ring is 1. The number of fused-ring (bicyclic) bond motifs is 1. The van der Waals surface area contributed by atoms with E-state index in [1.807, 2.05) is 19.9 Å². The smallest absolute Gasteiger partial charge is 0.459 e. The minimum Gasteiger partial charge on any atom is -0.464 e. The number of carbonyl (C=O) groups excluding carboxylic acids is 3. The fraction of sp³-hybridized carbons (Fsp3) is 0.515. The monoisotopic (exact) mass is 714 g/mol. The molecule has 0 radical (unpaired) electrons. The topological polar surface area (TPSA) is 216 Å². The van der Waals surface area contributed by atoms with E-state index in [4.69, 9.17) is 33.7 Å². The number of anilines is 1. The molecule has 270 valence electrons. The number of ether oxygens (including phenoxy) is 4. The summed E-state index contributed by atoms with van der Waals surface area (Å²) in [6.45, 7) is 7.85. The van der Waals surface area contributed by atoms with Gasteiger partial charge in [0.15, 0.2) is 18.0 Å². The Kier molecular flexibility index (Phi) is 12.9. The molecule has 0 aliphatic carbocycles. The summed E-state index contributed by atoms with van der Waals surface area (Å²) < 4.78 is 50.8. The van der Waals surface area contributed by atoms with E-state index in [1.165, 1.54) is 29.9 Å². The van der Waals surface area contributed by atoms with Gasteiger partial charge in [-0.2, -0.15) is 15.4 Å². The number of rotatable bonds is 17. The van der Waals surface area contributed by atoms with E-state index in [-0.39, 0.29) is 42.6 Å². The number of nitriles is 1. The van der Waals surface area contributed by atoms with Gasteiger partial charge in [0.05, 0.1) is 12.3 Å². The van der Waals surface area contributed by atoms with Gasteiger partial charge < -0.3 is 29.2 Å². The quantitative estimate of drug-likeness (QED) is 0.112. The molecule has 1 fully saturated rings. The minimum atomic E-state index is -4.54. The van der Waals surface area contributed by atoms with Crippen LogP contribution in [0.4, 0.5) is 5.82 Å². The summed E-state index contributed by atoms with van der Waals surface area (Å²) in [7, 11) is -4.54. The maximum atomic E-state index is 14.4. The first-order chi connectivity index (χ1) is 23.9. The predicted octanol–water partition coefficient (Wildman–Crippen LogP) is 4.45. The van der Waals surface area contributed by atoms with Crippen LogP contribution in [-0.4, -0.2) is 69.6 Å². The van der Waals surface area contributed by atoms with Gasteiger partial charge in [0.1, 0.15) is 42.4 Å². The van der Waals surface area contributed by atoms with Crippen molar-refractivity contribution in [3.63, 3.8) is 0 Å². The van der Waals surface area contributed by atoms with Crippen molar-refractivity contribution in [2.24, 2.45) is 5.92 Å². The first-order valence-corrected chi connectivity index (χ1v) is 18.0. The second kappa shape index (κ2) is 16.9. The molecule has 0 amide bonds.